The fourth-order valence-electron chi connectivity index (χ4n) is 3.30. The molecular weight excluding hydrogens is 196 g/mol. The standard InChI is InChI=1S/C14H20N2/c15-16-14(10-6-3-7-10)13-8-11-4-1-2-5-12(11)9-13/h1-2,4-5,10,13-14,16H,3,6-9,15H2. The highest BCUT2D eigenvalue weighted by atomic mass is 15.2. The van der Waals surface area contributed by atoms with Crippen molar-refractivity contribution < 1.29 is 0 Å². The maximum absolute atomic E-state index is 5.75. The molecule has 0 heterocycles. The summed E-state index contributed by atoms with van der Waals surface area (Å²) < 4.78 is 0. The van der Waals surface area contributed by atoms with E-state index >= 15 is 0 Å². The smallest absolute Gasteiger partial charge is 0.0273 e. The lowest BCUT2D eigenvalue weighted by molar-refractivity contribution is 0.177. The zero-order chi connectivity index (χ0) is 11.0. The topological polar surface area (TPSA) is 38.0 Å². The Morgan fingerprint density at radius 1 is 1.06 bits per heavy atom. The van der Waals surface area contributed by atoms with Crippen LogP contribution in [-0.2, 0) is 12.8 Å². The lowest BCUT2D eigenvalue weighted by atomic mass is 9.74. The number of benzene rings is 1. The molecule has 1 saturated carbocycles. The van der Waals surface area contributed by atoms with Gasteiger partial charge in [0.25, 0.3) is 0 Å². The third kappa shape index (κ3) is 1.66. The van der Waals surface area contributed by atoms with Crippen molar-refractivity contribution in [1.82, 2.24) is 5.43 Å². The van der Waals surface area contributed by atoms with E-state index in [0.29, 0.717) is 12.0 Å². The highest BCUT2D eigenvalue weighted by molar-refractivity contribution is 5.32. The van der Waals surface area contributed by atoms with Crippen LogP contribution >= 0.6 is 0 Å². The van der Waals surface area contributed by atoms with E-state index in [-0.39, 0.29) is 0 Å². The molecule has 2 aliphatic carbocycles. The summed E-state index contributed by atoms with van der Waals surface area (Å²) in [6.07, 6.45) is 6.54. The van der Waals surface area contributed by atoms with Gasteiger partial charge in [-0.25, -0.2) is 0 Å². The van der Waals surface area contributed by atoms with Crippen LogP contribution in [0.25, 0.3) is 0 Å². The molecule has 0 aromatic heterocycles. The zero-order valence-corrected chi connectivity index (χ0v) is 9.65. The molecule has 0 saturated heterocycles. The molecule has 1 fully saturated rings. The van der Waals surface area contributed by atoms with Gasteiger partial charge in [0.05, 0.1) is 0 Å². The predicted octanol–water partition coefficient (Wildman–Crippen LogP) is 2.03. The second-order valence-corrected chi connectivity index (χ2v) is 5.32. The summed E-state index contributed by atoms with van der Waals surface area (Å²) in [6, 6.07) is 9.36. The summed E-state index contributed by atoms with van der Waals surface area (Å²) in [6.45, 7) is 0. The molecule has 86 valence electrons. The van der Waals surface area contributed by atoms with Gasteiger partial charge >= 0.3 is 0 Å². The molecule has 0 amide bonds. The molecular formula is C14H20N2. The molecule has 2 heteroatoms. The summed E-state index contributed by atoms with van der Waals surface area (Å²) in [5.41, 5.74) is 6.15. The van der Waals surface area contributed by atoms with Crippen LogP contribution in [0.4, 0.5) is 0 Å². The molecule has 0 aliphatic heterocycles. The number of nitrogens with two attached hydrogens (primary N) is 1. The van der Waals surface area contributed by atoms with Crippen molar-refractivity contribution in [3.63, 3.8) is 0 Å². The first-order valence-electron chi connectivity index (χ1n) is 6.41. The van der Waals surface area contributed by atoms with Crippen molar-refractivity contribution in [3.8, 4) is 0 Å². The number of nitrogens with one attached hydrogen (secondary N) is 1. The summed E-state index contributed by atoms with van der Waals surface area (Å²) in [5.74, 6) is 7.29. The number of hydrogen-bond donors (Lipinski definition) is 2. The quantitative estimate of drug-likeness (QED) is 0.599. The number of fused-ring (bicyclic) bond motifs is 1. The van der Waals surface area contributed by atoms with Crippen molar-refractivity contribution >= 4 is 0 Å². The zero-order valence-electron chi connectivity index (χ0n) is 9.65. The minimum Gasteiger partial charge on any atom is -0.271 e. The Morgan fingerprint density at radius 2 is 1.69 bits per heavy atom. The molecule has 3 rings (SSSR count). The Hall–Kier alpha value is -0.860. The fraction of sp³-hybridized carbons (Fsp3) is 0.571. The Kier molecular flexibility index (Phi) is 2.70. The van der Waals surface area contributed by atoms with Crippen LogP contribution in [-0.4, -0.2) is 6.04 Å². The van der Waals surface area contributed by atoms with E-state index in [1.807, 2.05) is 0 Å². The fourth-order valence-corrected chi connectivity index (χ4v) is 3.30. The van der Waals surface area contributed by atoms with Crippen LogP contribution < -0.4 is 11.3 Å². The molecule has 16 heavy (non-hydrogen) atoms. The summed E-state index contributed by atoms with van der Waals surface area (Å²) >= 11 is 0. The average Bonchev–Trinajstić information content (AvgIpc) is 2.66. The first kappa shape index (κ1) is 10.3. The molecule has 0 bridgehead atoms. The van der Waals surface area contributed by atoms with E-state index in [4.69, 9.17) is 5.84 Å². The second kappa shape index (κ2) is 4.19. The van der Waals surface area contributed by atoms with Crippen LogP contribution in [0.5, 0.6) is 0 Å². The van der Waals surface area contributed by atoms with Gasteiger partial charge < -0.3 is 0 Å². The molecule has 2 aliphatic rings. The van der Waals surface area contributed by atoms with Gasteiger partial charge in [0.15, 0.2) is 0 Å². The van der Waals surface area contributed by atoms with Gasteiger partial charge in [-0.1, -0.05) is 30.7 Å². The molecule has 0 spiro atoms. The van der Waals surface area contributed by atoms with E-state index in [2.05, 4.69) is 29.7 Å². The van der Waals surface area contributed by atoms with Gasteiger partial charge in [-0.2, -0.15) is 0 Å². The van der Waals surface area contributed by atoms with Gasteiger partial charge in [0.2, 0.25) is 0 Å². The highest BCUT2D eigenvalue weighted by Gasteiger charge is 2.35. The first-order chi connectivity index (χ1) is 7.88. The lowest BCUT2D eigenvalue weighted by Gasteiger charge is -2.36. The van der Waals surface area contributed by atoms with Crippen molar-refractivity contribution in [3.05, 3.63) is 35.4 Å². The van der Waals surface area contributed by atoms with Gasteiger partial charge in [-0.15, -0.1) is 0 Å². The minimum absolute atomic E-state index is 0.529. The normalized spacial score (nSPS) is 22.8. The maximum atomic E-state index is 5.75. The molecule has 2 nitrogen and oxygen atoms in total. The first-order valence-corrected chi connectivity index (χ1v) is 6.41. The highest BCUT2D eigenvalue weighted by Crippen LogP contribution is 2.37. The molecule has 0 radical (unpaired) electrons. The Bertz CT molecular complexity index is 346. The molecule has 1 aromatic rings. The maximum Gasteiger partial charge on any atom is 0.0273 e. The van der Waals surface area contributed by atoms with Crippen molar-refractivity contribution in [1.29, 1.82) is 0 Å². The third-order valence-electron chi connectivity index (χ3n) is 4.44. The Balaban J connectivity index is 1.74. The van der Waals surface area contributed by atoms with Crippen molar-refractivity contribution in [2.75, 3.05) is 0 Å². The van der Waals surface area contributed by atoms with E-state index in [1.165, 1.54) is 43.2 Å². The molecule has 1 unspecified atom stereocenters. The van der Waals surface area contributed by atoms with Crippen LogP contribution in [0.3, 0.4) is 0 Å². The van der Waals surface area contributed by atoms with E-state index < -0.39 is 0 Å². The van der Waals surface area contributed by atoms with Gasteiger partial charge in [0.1, 0.15) is 0 Å². The molecule has 1 atom stereocenters. The van der Waals surface area contributed by atoms with Crippen LogP contribution in [0.1, 0.15) is 30.4 Å². The Morgan fingerprint density at radius 3 is 2.12 bits per heavy atom. The number of rotatable bonds is 3. The van der Waals surface area contributed by atoms with E-state index in [1.54, 1.807) is 0 Å². The summed E-state index contributed by atoms with van der Waals surface area (Å²) in [4.78, 5) is 0. The molecule has 3 N–H and O–H groups in total. The predicted molar refractivity (Wildman–Crippen MR) is 65.8 cm³/mol. The largest absolute Gasteiger partial charge is 0.271 e. The average molecular weight is 216 g/mol. The second-order valence-electron chi connectivity index (χ2n) is 5.32. The van der Waals surface area contributed by atoms with Gasteiger partial charge in [-0.3, -0.25) is 11.3 Å². The van der Waals surface area contributed by atoms with Crippen LogP contribution in [0.2, 0.25) is 0 Å². The molecule has 1 aromatic carbocycles. The van der Waals surface area contributed by atoms with E-state index in [9.17, 15) is 0 Å². The van der Waals surface area contributed by atoms with Crippen molar-refractivity contribution in [2.45, 2.75) is 38.1 Å². The van der Waals surface area contributed by atoms with E-state index in [0.717, 1.165) is 5.92 Å². The lowest BCUT2D eigenvalue weighted by Crippen LogP contribution is -2.48. The van der Waals surface area contributed by atoms with Gasteiger partial charge in [0, 0.05) is 6.04 Å². The third-order valence-corrected chi connectivity index (χ3v) is 4.44. The summed E-state index contributed by atoms with van der Waals surface area (Å²) in [5, 5.41) is 0. The number of hydrazine groups is 1. The minimum atomic E-state index is 0.529. The van der Waals surface area contributed by atoms with Crippen LogP contribution in [0, 0.1) is 11.8 Å². The SMILES string of the molecule is NNC(C1CCC1)C1Cc2ccccc2C1. The van der Waals surface area contributed by atoms with Gasteiger partial charge in [-0.05, 0) is 48.6 Å². The Labute approximate surface area is 97.2 Å². The van der Waals surface area contributed by atoms with Crippen LogP contribution in [0.15, 0.2) is 24.3 Å². The number of hydrogen-bond acceptors (Lipinski definition) is 2. The monoisotopic (exact) mass is 216 g/mol. The summed E-state index contributed by atoms with van der Waals surface area (Å²) in [7, 11) is 0. The van der Waals surface area contributed by atoms with Crippen molar-refractivity contribution in [2.24, 2.45) is 17.7 Å².